The van der Waals surface area contributed by atoms with E-state index in [2.05, 4.69) is 9.71 Å². The lowest BCUT2D eigenvalue weighted by molar-refractivity contribution is 0.104. The first-order valence-corrected chi connectivity index (χ1v) is 9.36. The van der Waals surface area contributed by atoms with E-state index in [1.165, 1.54) is 50.8 Å². The number of allylic oxidation sites excluding steroid dienone is 1. The number of methoxy groups -OCH3 is 2. The van der Waals surface area contributed by atoms with Crippen LogP contribution in [0.1, 0.15) is 10.4 Å². The van der Waals surface area contributed by atoms with Gasteiger partial charge in [0.15, 0.2) is 17.3 Å². The molecule has 2 aromatic carbocycles. The lowest BCUT2D eigenvalue weighted by atomic mass is 10.1. The topological polar surface area (TPSA) is 146 Å². The predicted molar refractivity (Wildman–Crippen MR) is 106 cm³/mol. The molecule has 0 amide bonds. The van der Waals surface area contributed by atoms with Gasteiger partial charge in [-0.25, -0.2) is 0 Å². The molecule has 0 unspecified atom stereocenters. The molecule has 0 aliphatic rings. The highest BCUT2D eigenvalue weighted by molar-refractivity contribution is 7.90. The van der Waals surface area contributed by atoms with Crippen molar-refractivity contribution in [2.75, 3.05) is 19.5 Å². The lowest BCUT2D eigenvalue weighted by Crippen LogP contribution is -2.24. The molecule has 0 radical (unpaired) electrons. The summed E-state index contributed by atoms with van der Waals surface area (Å²) >= 11 is 0. The minimum absolute atomic E-state index is 0.0585. The summed E-state index contributed by atoms with van der Waals surface area (Å²) in [6, 6.07) is 10.6. The summed E-state index contributed by atoms with van der Waals surface area (Å²) < 4.78 is 37.2. The van der Waals surface area contributed by atoms with Gasteiger partial charge in [-0.1, -0.05) is 0 Å². The van der Waals surface area contributed by atoms with Crippen LogP contribution in [0, 0.1) is 0 Å². The predicted octanol–water partition coefficient (Wildman–Crippen LogP) is 1.47. The number of carbonyl (C=O) groups excluding carboxylic acids is 1. The molecule has 28 heavy (non-hydrogen) atoms. The zero-order chi connectivity index (χ0) is 20.7. The van der Waals surface area contributed by atoms with Crippen molar-refractivity contribution in [2.45, 2.75) is 4.90 Å². The van der Waals surface area contributed by atoms with Gasteiger partial charge in [0.2, 0.25) is 5.96 Å². The van der Waals surface area contributed by atoms with Crippen LogP contribution in [0.15, 0.2) is 64.0 Å². The Morgan fingerprint density at radius 2 is 1.68 bits per heavy atom. The number of guanidine groups is 1. The van der Waals surface area contributed by atoms with Crippen LogP contribution in [-0.4, -0.2) is 34.4 Å². The van der Waals surface area contributed by atoms with Gasteiger partial charge in [-0.15, -0.1) is 4.40 Å². The Labute approximate surface area is 162 Å². The van der Waals surface area contributed by atoms with Crippen molar-refractivity contribution in [1.29, 1.82) is 0 Å². The molecule has 0 saturated heterocycles. The Kier molecular flexibility index (Phi) is 6.61. The van der Waals surface area contributed by atoms with Gasteiger partial charge in [0.1, 0.15) is 0 Å². The molecule has 0 fully saturated rings. The van der Waals surface area contributed by atoms with Crippen LogP contribution in [0.5, 0.6) is 11.5 Å². The summed E-state index contributed by atoms with van der Waals surface area (Å²) in [6.07, 6.45) is 2.78. The molecule has 0 spiro atoms. The average molecular weight is 404 g/mol. The maximum atomic E-state index is 12.3. The zero-order valence-electron chi connectivity index (χ0n) is 15.2. The van der Waals surface area contributed by atoms with Gasteiger partial charge >= 0.3 is 0 Å². The van der Waals surface area contributed by atoms with Crippen molar-refractivity contribution in [3.05, 3.63) is 60.3 Å². The smallest absolute Gasteiger partial charge is 0.285 e. The number of ketones is 1. The van der Waals surface area contributed by atoms with E-state index in [0.29, 0.717) is 22.7 Å². The molecule has 0 atom stereocenters. The number of nitrogens with zero attached hydrogens (tertiary/aromatic N) is 1. The number of sulfonamides is 1. The van der Waals surface area contributed by atoms with Crippen LogP contribution in [0.4, 0.5) is 5.69 Å². The first-order chi connectivity index (χ1) is 13.3. The molecule has 0 saturated carbocycles. The molecule has 0 bridgehead atoms. The highest BCUT2D eigenvalue weighted by Crippen LogP contribution is 2.27. The number of anilines is 1. The second kappa shape index (κ2) is 8.91. The van der Waals surface area contributed by atoms with Gasteiger partial charge in [0.25, 0.3) is 10.0 Å². The lowest BCUT2D eigenvalue weighted by Gasteiger charge is -2.08. The van der Waals surface area contributed by atoms with Gasteiger partial charge in [0.05, 0.1) is 19.1 Å². The van der Waals surface area contributed by atoms with Crippen molar-refractivity contribution in [2.24, 2.45) is 15.9 Å². The Morgan fingerprint density at radius 1 is 1.04 bits per heavy atom. The van der Waals surface area contributed by atoms with Crippen LogP contribution in [0.3, 0.4) is 0 Å². The van der Waals surface area contributed by atoms with Crippen molar-refractivity contribution in [3.8, 4) is 11.5 Å². The summed E-state index contributed by atoms with van der Waals surface area (Å²) in [5.41, 5.74) is 11.2. The largest absolute Gasteiger partial charge is 0.493 e. The molecule has 0 aromatic heterocycles. The second-order valence-electron chi connectivity index (χ2n) is 5.43. The first-order valence-electron chi connectivity index (χ1n) is 7.92. The van der Waals surface area contributed by atoms with E-state index in [4.69, 9.17) is 20.9 Å². The normalized spacial score (nSPS) is 11.1. The Bertz CT molecular complexity index is 1010. The monoisotopic (exact) mass is 404 g/mol. The minimum atomic E-state index is -3.94. The fourth-order valence-corrected chi connectivity index (χ4v) is 3.08. The molecule has 0 aliphatic carbocycles. The molecular formula is C18H20N4O5S. The zero-order valence-corrected chi connectivity index (χ0v) is 16.1. The molecule has 0 heterocycles. The van der Waals surface area contributed by atoms with Crippen molar-refractivity contribution in [1.82, 2.24) is 0 Å². The highest BCUT2D eigenvalue weighted by Gasteiger charge is 2.12. The second-order valence-corrected chi connectivity index (χ2v) is 7.03. The number of benzene rings is 2. The van der Waals surface area contributed by atoms with Crippen LogP contribution in [0.25, 0.3) is 0 Å². The molecule has 9 nitrogen and oxygen atoms in total. The quantitative estimate of drug-likeness (QED) is 0.259. The van der Waals surface area contributed by atoms with Crippen LogP contribution in [0.2, 0.25) is 0 Å². The standard InChI is InChI=1S/C18H20N4O5S/c1-26-16-8-3-12(11-17(16)27-2)15(23)9-10-21-13-4-6-14(7-5-13)28(24,25)22-18(19)20/h3-11,21H,1-2H3,(H4,19,20,22). The summed E-state index contributed by atoms with van der Waals surface area (Å²) in [6.45, 7) is 0. The van der Waals surface area contributed by atoms with Crippen molar-refractivity contribution in [3.63, 3.8) is 0 Å². The van der Waals surface area contributed by atoms with E-state index in [1.54, 1.807) is 18.2 Å². The first kappa shape index (κ1) is 20.8. The van der Waals surface area contributed by atoms with Gasteiger partial charge in [-0.05, 0) is 42.5 Å². The van der Waals surface area contributed by atoms with E-state index < -0.39 is 16.0 Å². The van der Waals surface area contributed by atoms with E-state index in [9.17, 15) is 13.2 Å². The minimum Gasteiger partial charge on any atom is -0.493 e. The number of nitrogens with one attached hydrogen (secondary N) is 1. The van der Waals surface area contributed by atoms with Crippen LogP contribution in [-0.2, 0) is 10.0 Å². The number of hydrogen-bond donors (Lipinski definition) is 3. The van der Waals surface area contributed by atoms with E-state index >= 15 is 0 Å². The summed E-state index contributed by atoms with van der Waals surface area (Å²) in [5.74, 6) is 0.184. The Morgan fingerprint density at radius 3 is 2.25 bits per heavy atom. The Balaban J connectivity index is 2.07. The molecule has 10 heteroatoms. The third kappa shape index (κ3) is 5.24. The van der Waals surface area contributed by atoms with Gasteiger partial charge < -0.3 is 26.3 Å². The summed E-state index contributed by atoms with van der Waals surface area (Å²) in [5, 5.41) is 2.88. The van der Waals surface area contributed by atoms with Gasteiger partial charge in [-0.3, -0.25) is 4.79 Å². The molecule has 2 aromatic rings. The van der Waals surface area contributed by atoms with Crippen LogP contribution >= 0.6 is 0 Å². The fraction of sp³-hybridized carbons (Fsp3) is 0.111. The molecule has 0 aliphatic heterocycles. The molecule has 5 N–H and O–H groups in total. The maximum Gasteiger partial charge on any atom is 0.285 e. The Hall–Kier alpha value is -3.53. The van der Waals surface area contributed by atoms with Crippen molar-refractivity contribution < 1.29 is 22.7 Å². The summed E-state index contributed by atoms with van der Waals surface area (Å²) in [4.78, 5) is 12.2. The third-order valence-corrected chi connectivity index (χ3v) is 4.85. The number of hydrogen-bond acceptors (Lipinski definition) is 6. The highest BCUT2D eigenvalue weighted by atomic mass is 32.2. The van der Waals surface area contributed by atoms with E-state index in [1.807, 2.05) is 0 Å². The van der Waals surface area contributed by atoms with Gasteiger partial charge in [0, 0.05) is 23.5 Å². The fourth-order valence-electron chi connectivity index (χ4n) is 2.21. The number of nitrogens with two attached hydrogens (primary N) is 2. The van der Waals surface area contributed by atoms with E-state index in [-0.39, 0.29) is 10.7 Å². The van der Waals surface area contributed by atoms with E-state index in [0.717, 1.165) is 0 Å². The maximum absolute atomic E-state index is 12.3. The average Bonchev–Trinajstić information content (AvgIpc) is 2.66. The van der Waals surface area contributed by atoms with Crippen molar-refractivity contribution >= 4 is 27.5 Å². The third-order valence-electron chi connectivity index (χ3n) is 3.53. The van der Waals surface area contributed by atoms with Crippen LogP contribution < -0.4 is 26.3 Å². The number of rotatable bonds is 8. The number of ether oxygens (including phenoxy) is 2. The summed E-state index contributed by atoms with van der Waals surface area (Å²) in [7, 11) is -0.945. The molecule has 148 valence electrons. The number of carbonyl (C=O) groups is 1. The molecular weight excluding hydrogens is 384 g/mol. The molecule has 2 rings (SSSR count). The van der Waals surface area contributed by atoms with Gasteiger partial charge in [-0.2, -0.15) is 8.42 Å². The SMILES string of the molecule is COc1ccc(C(=O)C=CNc2ccc(S(=O)(=O)N=C(N)N)cc2)cc1OC.